The van der Waals surface area contributed by atoms with Crippen molar-refractivity contribution in [1.82, 2.24) is 0 Å². The van der Waals surface area contributed by atoms with Gasteiger partial charge in [0.2, 0.25) is 0 Å². The highest BCUT2D eigenvalue weighted by molar-refractivity contribution is 5.47. The maximum Gasteiger partial charge on any atom is 0.172 e. The summed E-state index contributed by atoms with van der Waals surface area (Å²) >= 11 is 0. The summed E-state index contributed by atoms with van der Waals surface area (Å²) in [6.45, 7) is 5.88. The lowest BCUT2D eigenvalue weighted by atomic mass is 10.2. The second kappa shape index (κ2) is 13.1. The minimum absolute atomic E-state index is 0.711. The first-order valence-corrected chi connectivity index (χ1v) is 10.5. The zero-order chi connectivity index (χ0) is 19.2. The predicted octanol–water partition coefficient (Wildman–Crippen LogP) is 7.40. The summed E-state index contributed by atoms with van der Waals surface area (Å²) in [4.78, 5) is 0. The maximum atomic E-state index is 6.07. The average molecular weight is 371 g/mol. The van der Waals surface area contributed by atoms with E-state index in [1.807, 2.05) is 48.5 Å². The molecule has 0 aliphatic carbocycles. The van der Waals surface area contributed by atoms with Crippen LogP contribution in [0.5, 0.6) is 23.0 Å². The molecular weight excluding hydrogens is 336 g/mol. The summed E-state index contributed by atoms with van der Waals surface area (Å²) in [6, 6.07) is 15.7. The molecule has 0 aliphatic rings. The monoisotopic (exact) mass is 370 g/mol. The summed E-state index contributed by atoms with van der Waals surface area (Å²) in [6.07, 6.45) is 9.53. The van der Waals surface area contributed by atoms with E-state index in [2.05, 4.69) is 13.8 Å². The molecule has 0 aromatic heterocycles. The van der Waals surface area contributed by atoms with Crippen LogP contribution in [0.1, 0.15) is 65.2 Å². The number of unbranched alkanes of at least 4 members (excludes halogenated alkanes) is 6. The van der Waals surface area contributed by atoms with Crippen molar-refractivity contribution in [2.24, 2.45) is 0 Å². The quantitative estimate of drug-likeness (QED) is 0.324. The molecule has 3 nitrogen and oxygen atoms in total. The zero-order valence-corrected chi connectivity index (χ0v) is 16.9. The summed E-state index contributed by atoms with van der Waals surface area (Å²) in [7, 11) is 0. The van der Waals surface area contributed by atoms with Crippen LogP contribution in [0, 0.1) is 0 Å². The third-order valence-electron chi connectivity index (χ3n) is 4.41. The Kier molecular flexibility index (Phi) is 10.2. The number of para-hydroxylation sites is 1. The first-order valence-electron chi connectivity index (χ1n) is 10.5. The van der Waals surface area contributed by atoms with Crippen molar-refractivity contribution in [3.63, 3.8) is 0 Å². The van der Waals surface area contributed by atoms with Crippen molar-refractivity contribution in [2.75, 3.05) is 13.2 Å². The molecule has 0 unspecified atom stereocenters. The van der Waals surface area contributed by atoms with Crippen molar-refractivity contribution in [3.8, 4) is 23.0 Å². The Morgan fingerprint density at radius 2 is 1.26 bits per heavy atom. The lowest BCUT2D eigenvalue weighted by molar-refractivity contribution is 0.285. The van der Waals surface area contributed by atoms with Gasteiger partial charge >= 0.3 is 0 Å². The van der Waals surface area contributed by atoms with E-state index in [0.717, 1.165) is 36.7 Å². The van der Waals surface area contributed by atoms with E-state index in [1.165, 1.54) is 38.5 Å². The standard InChI is InChI=1S/C24H34O3/c1-3-5-7-12-18-25-22-16-17-23(26-19-13-8-6-4-2)24(20-22)27-21-14-10-9-11-15-21/h9-11,14-17,20H,3-8,12-13,18-19H2,1-2H3. The van der Waals surface area contributed by atoms with E-state index in [-0.39, 0.29) is 0 Å². The van der Waals surface area contributed by atoms with Crippen molar-refractivity contribution in [2.45, 2.75) is 65.2 Å². The molecule has 0 saturated carbocycles. The Morgan fingerprint density at radius 1 is 0.593 bits per heavy atom. The van der Waals surface area contributed by atoms with Gasteiger partial charge < -0.3 is 14.2 Å². The van der Waals surface area contributed by atoms with Crippen LogP contribution in [-0.4, -0.2) is 13.2 Å². The summed E-state index contributed by atoms with van der Waals surface area (Å²) < 4.78 is 18.0. The van der Waals surface area contributed by atoms with Crippen LogP contribution in [0.15, 0.2) is 48.5 Å². The summed E-state index contributed by atoms with van der Waals surface area (Å²) in [5.74, 6) is 3.11. The first kappa shape index (κ1) is 21.1. The molecule has 0 radical (unpaired) electrons. The Morgan fingerprint density at radius 3 is 1.93 bits per heavy atom. The van der Waals surface area contributed by atoms with Crippen molar-refractivity contribution in [3.05, 3.63) is 48.5 Å². The van der Waals surface area contributed by atoms with E-state index < -0.39 is 0 Å². The van der Waals surface area contributed by atoms with Gasteiger partial charge in [-0.15, -0.1) is 0 Å². The Bertz CT molecular complexity index is 625. The number of hydrogen-bond donors (Lipinski definition) is 0. The molecule has 0 spiro atoms. The smallest absolute Gasteiger partial charge is 0.172 e. The fourth-order valence-corrected chi connectivity index (χ4v) is 2.82. The van der Waals surface area contributed by atoms with Crippen LogP contribution in [0.25, 0.3) is 0 Å². The van der Waals surface area contributed by atoms with E-state index in [1.54, 1.807) is 0 Å². The normalized spacial score (nSPS) is 10.6. The Balaban J connectivity index is 1.98. The van der Waals surface area contributed by atoms with Gasteiger partial charge in [0.25, 0.3) is 0 Å². The summed E-state index contributed by atoms with van der Waals surface area (Å²) in [5, 5.41) is 0. The highest BCUT2D eigenvalue weighted by Crippen LogP contribution is 2.35. The second-order valence-electron chi connectivity index (χ2n) is 6.84. The fourth-order valence-electron chi connectivity index (χ4n) is 2.82. The van der Waals surface area contributed by atoms with Gasteiger partial charge in [-0.2, -0.15) is 0 Å². The lowest BCUT2D eigenvalue weighted by Gasteiger charge is -2.14. The molecule has 0 heterocycles. The second-order valence-corrected chi connectivity index (χ2v) is 6.84. The number of benzene rings is 2. The number of hydrogen-bond acceptors (Lipinski definition) is 3. The SMILES string of the molecule is CCCCCCOc1ccc(OCCCCCC)c(Oc2ccccc2)c1. The number of ether oxygens (including phenoxy) is 3. The molecule has 0 bridgehead atoms. The van der Waals surface area contributed by atoms with Crippen molar-refractivity contribution in [1.29, 1.82) is 0 Å². The average Bonchev–Trinajstić information content (AvgIpc) is 2.70. The molecule has 148 valence electrons. The molecule has 0 fully saturated rings. The summed E-state index contributed by atoms with van der Waals surface area (Å²) in [5.41, 5.74) is 0. The molecule has 2 aromatic carbocycles. The van der Waals surface area contributed by atoms with Gasteiger partial charge in [-0.1, -0.05) is 70.6 Å². The predicted molar refractivity (Wildman–Crippen MR) is 112 cm³/mol. The fraction of sp³-hybridized carbons (Fsp3) is 0.500. The van der Waals surface area contributed by atoms with E-state index in [0.29, 0.717) is 12.4 Å². The Labute approximate surface area is 164 Å². The van der Waals surface area contributed by atoms with Crippen LogP contribution in [-0.2, 0) is 0 Å². The van der Waals surface area contributed by atoms with Crippen LogP contribution < -0.4 is 14.2 Å². The van der Waals surface area contributed by atoms with Crippen LogP contribution in [0.2, 0.25) is 0 Å². The first-order chi connectivity index (χ1) is 13.3. The molecule has 0 saturated heterocycles. The third kappa shape index (κ3) is 8.38. The molecule has 2 rings (SSSR count). The van der Waals surface area contributed by atoms with Crippen molar-refractivity contribution < 1.29 is 14.2 Å². The molecule has 0 aliphatic heterocycles. The van der Waals surface area contributed by atoms with E-state index in [9.17, 15) is 0 Å². The maximum absolute atomic E-state index is 6.07. The van der Waals surface area contributed by atoms with Gasteiger partial charge in [-0.25, -0.2) is 0 Å². The zero-order valence-electron chi connectivity index (χ0n) is 16.9. The van der Waals surface area contributed by atoms with Crippen molar-refractivity contribution >= 4 is 0 Å². The van der Waals surface area contributed by atoms with Gasteiger partial charge in [0, 0.05) is 6.07 Å². The van der Waals surface area contributed by atoms with E-state index >= 15 is 0 Å². The minimum Gasteiger partial charge on any atom is -0.493 e. The Hall–Kier alpha value is -2.16. The van der Waals surface area contributed by atoms with Crippen LogP contribution >= 0.6 is 0 Å². The van der Waals surface area contributed by atoms with Crippen LogP contribution in [0.4, 0.5) is 0 Å². The van der Waals surface area contributed by atoms with E-state index in [4.69, 9.17) is 14.2 Å². The van der Waals surface area contributed by atoms with Crippen LogP contribution in [0.3, 0.4) is 0 Å². The highest BCUT2D eigenvalue weighted by Gasteiger charge is 2.09. The molecule has 27 heavy (non-hydrogen) atoms. The third-order valence-corrected chi connectivity index (χ3v) is 4.41. The topological polar surface area (TPSA) is 27.7 Å². The lowest BCUT2D eigenvalue weighted by Crippen LogP contribution is -2.01. The molecular formula is C24H34O3. The largest absolute Gasteiger partial charge is 0.493 e. The molecule has 2 aromatic rings. The van der Waals surface area contributed by atoms with Gasteiger partial charge in [-0.05, 0) is 37.1 Å². The molecule has 3 heteroatoms. The molecule has 0 atom stereocenters. The molecule has 0 N–H and O–H groups in total. The van der Waals surface area contributed by atoms with Gasteiger partial charge in [0.1, 0.15) is 11.5 Å². The minimum atomic E-state index is 0.711. The molecule has 0 amide bonds. The number of rotatable bonds is 14. The van der Waals surface area contributed by atoms with Gasteiger partial charge in [-0.3, -0.25) is 0 Å². The van der Waals surface area contributed by atoms with Gasteiger partial charge in [0.05, 0.1) is 13.2 Å². The highest BCUT2D eigenvalue weighted by atomic mass is 16.5. The van der Waals surface area contributed by atoms with Gasteiger partial charge in [0.15, 0.2) is 11.5 Å².